The summed E-state index contributed by atoms with van der Waals surface area (Å²) in [5.74, 6) is 0. The minimum atomic E-state index is -0.182. The van der Waals surface area contributed by atoms with Crippen molar-refractivity contribution in [3.05, 3.63) is 34.3 Å². The third kappa shape index (κ3) is 3.54. The topological polar surface area (TPSA) is 32.3 Å². The molecule has 94 valence electrons. The van der Waals surface area contributed by atoms with Gasteiger partial charge in [0.25, 0.3) is 0 Å². The summed E-state index contributed by atoms with van der Waals surface area (Å²) in [7, 11) is 0. The summed E-state index contributed by atoms with van der Waals surface area (Å²) in [5.41, 5.74) is 1.26. The van der Waals surface area contributed by atoms with Crippen molar-refractivity contribution in [2.24, 2.45) is 0 Å². The van der Waals surface area contributed by atoms with E-state index >= 15 is 0 Å². The smallest absolute Gasteiger partial charge is 0.0693 e. The zero-order chi connectivity index (χ0) is 12.3. The maximum atomic E-state index is 9.95. The van der Waals surface area contributed by atoms with Crippen LogP contribution in [0.3, 0.4) is 0 Å². The quantitative estimate of drug-likeness (QED) is 0.896. The van der Waals surface area contributed by atoms with Crippen molar-refractivity contribution in [1.82, 2.24) is 5.32 Å². The van der Waals surface area contributed by atoms with Gasteiger partial charge in [0.2, 0.25) is 0 Å². The summed E-state index contributed by atoms with van der Waals surface area (Å²) in [6.45, 7) is 2.16. The maximum absolute atomic E-state index is 9.95. The molecule has 0 aromatic heterocycles. The molecule has 2 N–H and O–H groups in total. The predicted molar refractivity (Wildman–Crippen MR) is 74.0 cm³/mol. The molecule has 1 aromatic carbocycles. The molecule has 0 saturated heterocycles. The van der Waals surface area contributed by atoms with Crippen molar-refractivity contribution >= 4 is 15.9 Å². The number of hydrogen-bond acceptors (Lipinski definition) is 2. The van der Waals surface area contributed by atoms with Gasteiger partial charge >= 0.3 is 0 Å². The third-order valence-corrected chi connectivity index (χ3v) is 4.04. The Balaban J connectivity index is 1.98. The molecule has 3 heteroatoms. The molecule has 1 aromatic rings. The minimum Gasteiger partial charge on any atom is -0.392 e. The van der Waals surface area contributed by atoms with Crippen molar-refractivity contribution in [1.29, 1.82) is 0 Å². The van der Waals surface area contributed by atoms with Gasteiger partial charge in [-0.1, -0.05) is 40.9 Å². The molecule has 0 spiro atoms. The molecule has 0 amide bonds. The van der Waals surface area contributed by atoms with Gasteiger partial charge in [0.15, 0.2) is 0 Å². The van der Waals surface area contributed by atoms with Gasteiger partial charge in [-0.05, 0) is 37.5 Å². The molecule has 3 atom stereocenters. The first-order valence-electron chi connectivity index (χ1n) is 6.36. The highest BCUT2D eigenvalue weighted by atomic mass is 79.9. The van der Waals surface area contributed by atoms with E-state index in [9.17, 15) is 5.11 Å². The van der Waals surface area contributed by atoms with Gasteiger partial charge in [-0.15, -0.1) is 0 Å². The second-order valence-corrected chi connectivity index (χ2v) is 5.82. The van der Waals surface area contributed by atoms with Crippen LogP contribution in [0.4, 0.5) is 0 Å². The number of nitrogens with one attached hydrogen (secondary N) is 1. The lowest BCUT2D eigenvalue weighted by Gasteiger charge is -2.31. The molecule has 0 radical (unpaired) electrons. The SMILES string of the molecule is C[C@@H](NC1CCCCC1O)c1cccc(Br)c1. The molecule has 17 heavy (non-hydrogen) atoms. The van der Waals surface area contributed by atoms with E-state index in [2.05, 4.69) is 46.4 Å². The monoisotopic (exact) mass is 297 g/mol. The van der Waals surface area contributed by atoms with Crippen molar-refractivity contribution < 1.29 is 5.11 Å². The standard InChI is InChI=1S/C14H20BrNO/c1-10(11-5-4-6-12(15)9-11)16-13-7-2-3-8-14(13)17/h4-6,9-10,13-14,16-17H,2-3,7-8H2,1H3/t10-,13?,14?/m1/s1. The van der Waals surface area contributed by atoms with Crippen molar-refractivity contribution in [2.45, 2.75) is 50.8 Å². The Morgan fingerprint density at radius 1 is 1.35 bits per heavy atom. The Bertz CT molecular complexity index is 369. The van der Waals surface area contributed by atoms with E-state index in [1.54, 1.807) is 0 Å². The van der Waals surface area contributed by atoms with Crippen LogP contribution in [0.5, 0.6) is 0 Å². The largest absolute Gasteiger partial charge is 0.392 e. The fraction of sp³-hybridized carbons (Fsp3) is 0.571. The predicted octanol–water partition coefficient (Wildman–Crippen LogP) is 3.40. The minimum absolute atomic E-state index is 0.182. The van der Waals surface area contributed by atoms with Crippen LogP contribution in [0, 0.1) is 0 Å². The van der Waals surface area contributed by atoms with Crippen molar-refractivity contribution in [2.75, 3.05) is 0 Å². The summed E-state index contributed by atoms with van der Waals surface area (Å²) < 4.78 is 1.10. The van der Waals surface area contributed by atoms with Crippen LogP contribution in [0.25, 0.3) is 0 Å². The van der Waals surface area contributed by atoms with Gasteiger partial charge < -0.3 is 10.4 Å². The fourth-order valence-corrected chi connectivity index (χ4v) is 2.92. The lowest BCUT2D eigenvalue weighted by molar-refractivity contribution is 0.0860. The molecule has 0 aliphatic heterocycles. The van der Waals surface area contributed by atoms with Crippen LogP contribution in [0.1, 0.15) is 44.2 Å². The Morgan fingerprint density at radius 2 is 2.12 bits per heavy atom. The molecule has 2 rings (SSSR count). The summed E-state index contributed by atoms with van der Waals surface area (Å²) in [6.07, 6.45) is 4.21. The highest BCUT2D eigenvalue weighted by Crippen LogP contribution is 2.23. The summed E-state index contributed by atoms with van der Waals surface area (Å²) in [6, 6.07) is 8.87. The van der Waals surface area contributed by atoms with Crippen LogP contribution in [-0.2, 0) is 0 Å². The first-order valence-corrected chi connectivity index (χ1v) is 7.15. The average molecular weight is 298 g/mol. The van der Waals surface area contributed by atoms with E-state index < -0.39 is 0 Å². The normalized spacial score (nSPS) is 26.8. The van der Waals surface area contributed by atoms with Gasteiger partial charge in [0, 0.05) is 16.6 Å². The van der Waals surface area contributed by atoms with Gasteiger partial charge in [-0.3, -0.25) is 0 Å². The number of hydrogen-bond donors (Lipinski definition) is 2. The number of aliphatic hydroxyl groups excluding tert-OH is 1. The van der Waals surface area contributed by atoms with Gasteiger partial charge in [0.05, 0.1) is 6.10 Å². The molecule has 1 aliphatic rings. The molecule has 0 bridgehead atoms. The van der Waals surface area contributed by atoms with Crippen LogP contribution in [-0.4, -0.2) is 17.3 Å². The Kier molecular flexibility index (Phi) is 4.60. The van der Waals surface area contributed by atoms with E-state index in [-0.39, 0.29) is 18.2 Å². The van der Waals surface area contributed by atoms with E-state index in [1.165, 1.54) is 12.0 Å². The molecule has 1 aliphatic carbocycles. The zero-order valence-corrected chi connectivity index (χ0v) is 11.8. The van der Waals surface area contributed by atoms with Crippen LogP contribution in [0.2, 0.25) is 0 Å². The molecule has 0 heterocycles. The van der Waals surface area contributed by atoms with E-state index in [4.69, 9.17) is 0 Å². The average Bonchev–Trinajstić information content (AvgIpc) is 2.32. The van der Waals surface area contributed by atoms with Crippen molar-refractivity contribution in [3.63, 3.8) is 0 Å². The summed E-state index contributed by atoms with van der Waals surface area (Å²) in [5, 5.41) is 13.5. The molecular weight excluding hydrogens is 278 g/mol. The molecule has 2 nitrogen and oxygen atoms in total. The second-order valence-electron chi connectivity index (χ2n) is 4.90. The van der Waals surface area contributed by atoms with Crippen LogP contribution in [0.15, 0.2) is 28.7 Å². The number of benzene rings is 1. The second kappa shape index (κ2) is 5.98. The highest BCUT2D eigenvalue weighted by molar-refractivity contribution is 9.10. The number of halogens is 1. The first-order chi connectivity index (χ1) is 8.16. The van der Waals surface area contributed by atoms with E-state index in [1.807, 2.05) is 6.07 Å². The fourth-order valence-electron chi connectivity index (χ4n) is 2.50. The van der Waals surface area contributed by atoms with E-state index in [0.717, 1.165) is 23.7 Å². The summed E-state index contributed by atoms with van der Waals surface area (Å²) >= 11 is 3.49. The van der Waals surface area contributed by atoms with Crippen LogP contribution >= 0.6 is 15.9 Å². The first kappa shape index (κ1) is 13.1. The lowest BCUT2D eigenvalue weighted by atomic mass is 9.91. The number of rotatable bonds is 3. The summed E-state index contributed by atoms with van der Waals surface area (Å²) in [4.78, 5) is 0. The number of aliphatic hydroxyl groups is 1. The third-order valence-electron chi connectivity index (χ3n) is 3.54. The van der Waals surface area contributed by atoms with E-state index in [0.29, 0.717) is 0 Å². The highest BCUT2D eigenvalue weighted by Gasteiger charge is 2.24. The van der Waals surface area contributed by atoms with Gasteiger partial charge in [0.1, 0.15) is 0 Å². The van der Waals surface area contributed by atoms with Gasteiger partial charge in [-0.25, -0.2) is 0 Å². The van der Waals surface area contributed by atoms with Crippen molar-refractivity contribution in [3.8, 4) is 0 Å². The molecule has 2 unspecified atom stereocenters. The molecular formula is C14H20BrNO. The molecule has 1 fully saturated rings. The Morgan fingerprint density at radius 3 is 2.82 bits per heavy atom. The molecule has 1 saturated carbocycles. The maximum Gasteiger partial charge on any atom is 0.0693 e. The lowest BCUT2D eigenvalue weighted by Crippen LogP contribution is -2.43. The Hall–Kier alpha value is -0.380. The Labute approximate surface area is 112 Å². The van der Waals surface area contributed by atoms with Gasteiger partial charge in [-0.2, -0.15) is 0 Å². The zero-order valence-electron chi connectivity index (χ0n) is 10.2. The van der Waals surface area contributed by atoms with Crippen LogP contribution < -0.4 is 5.32 Å².